The maximum Gasteiger partial charge on any atom is 0.256 e. The van der Waals surface area contributed by atoms with Gasteiger partial charge >= 0.3 is 0 Å². The third-order valence-electron chi connectivity index (χ3n) is 3.47. The molecule has 3 heteroatoms. The average Bonchev–Trinajstić information content (AvgIpc) is 2.32. The molecule has 1 saturated heterocycles. The van der Waals surface area contributed by atoms with Crippen LogP contribution < -0.4 is 0 Å². The highest BCUT2D eigenvalue weighted by atomic mass is 16.7. The summed E-state index contributed by atoms with van der Waals surface area (Å²) in [5.74, 6) is 0. The summed E-state index contributed by atoms with van der Waals surface area (Å²) in [6, 6.07) is 0. The van der Waals surface area contributed by atoms with Crippen LogP contribution >= 0.6 is 0 Å². The molecule has 0 atom stereocenters. The first-order chi connectivity index (χ1) is 7.88. The van der Waals surface area contributed by atoms with Crippen molar-refractivity contribution in [2.45, 2.75) is 71.4 Å². The third kappa shape index (κ3) is 5.35. The number of hydrogen-bond donors (Lipinski definition) is 0. The lowest BCUT2D eigenvalue weighted by atomic mass is 9.53. The van der Waals surface area contributed by atoms with E-state index in [0.29, 0.717) is 6.85 Å². The average molecular weight is 225 g/mol. The van der Waals surface area contributed by atoms with E-state index in [1.165, 1.54) is 57.6 Å². The van der Waals surface area contributed by atoms with E-state index in [2.05, 4.69) is 18.8 Å². The molecule has 1 aliphatic heterocycles. The van der Waals surface area contributed by atoms with E-state index < -0.39 is 0 Å². The Morgan fingerprint density at radius 2 is 1.81 bits per heavy atom. The molecule has 1 heterocycles. The summed E-state index contributed by atoms with van der Waals surface area (Å²) in [7, 11) is 0. The minimum Gasteiger partial charge on any atom is -0.311 e. The molecule has 0 unspecified atom stereocenters. The van der Waals surface area contributed by atoms with Crippen LogP contribution in [-0.2, 0) is 4.84 Å². The van der Waals surface area contributed by atoms with Crippen molar-refractivity contribution >= 4 is 6.85 Å². The number of rotatable bonds is 8. The Hall–Kier alpha value is -0.0151. The summed E-state index contributed by atoms with van der Waals surface area (Å²) in [6.07, 6.45) is 11.9. The molecular formula is C13H28BNO. The van der Waals surface area contributed by atoms with Gasteiger partial charge in [-0.25, -0.2) is 4.97 Å². The molecule has 0 saturated carbocycles. The van der Waals surface area contributed by atoms with Crippen LogP contribution in [0.3, 0.4) is 0 Å². The zero-order valence-corrected chi connectivity index (χ0v) is 11.2. The predicted molar refractivity (Wildman–Crippen MR) is 71.7 cm³/mol. The molecule has 0 aromatic carbocycles. The first-order valence-corrected chi connectivity index (χ1v) is 7.28. The van der Waals surface area contributed by atoms with Gasteiger partial charge in [0.25, 0.3) is 6.85 Å². The van der Waals surface area contributed by atoms with Crippen LogP contribution in [0.2, 0.25) is 12.6 Å². The molecule has 0 amide bonds. The molecule has 0 radical (unpaired) electrons. The Labute approximate surface area is 102 Å². The second-order valence-corrected chi connectivity index (χ2v) is 4.97. The quantitative estimate of drug-likeness (QED) is 0.457. The molecule has 0 N–H and O–H groups in total. The molecule has 16 heavy (non-hydrogen) atoms. The van der Waals surface area contributed by atoms with Gasteiger partial charge in [0.1, 0.15) is 0 Å². The molecule has 0 aromatic rings. The van der Waals surface area contributed by atoms with Crippen LogP contribution in [-0.4, -0.2) is 25.0 Å². The van der Waals surface area contributed by atoms with Gasteiger partial charge < -0.3 is 4.84 Å². The molecule has 0 aliphatic carbocycles. The van der Waals surface area contributed by atoms with Gasteiger partial charge in [-0.1, -0.05) is 58.6 Å². The van der Waals surface area contributed by atoms with Crippen LogP contribution in [0.4, 0.5) is 0 Å². The second kappa shape index (κ2) is 9.06. The van der Waals surface area contributed by atoms with Gasteiger partial charge in [-0.05, 0) is 12.8 Å². The minimum atomic E-state index is 0.706. The van der Waals surface area contributed by atoms with Crippen molar-refractivity contribution in [3.63, 3.8) is 0 Å². The van der Waals surface area contributed by atoms with Gasteiger partial charge in [0, 0.05) is 6.54 Å². The fraction of sp³-hybridized carbons (Fsp3) is 1.00. The Morgan fingerprint density at radius 3 is 2.56 bits per heavy atom. The Kier molecular flexibility index (Phi) is 7.95. The Balaban J connectivity index is 2.20. The monoisotopic (exact) mass is 225 g/mol. The lowest BCUT2D eigenvalue weighted by Crippen LogP contribution is -2.43. The largest absolute Gasteiger partial charge is 0.311 e. The zero-order valence-electron chi connectivity index (χ0n) is 11.2. The zero-order chi connectivity index (χ0) is 11.6. The molecule has 0 spiro atoms. The van der Waals surface area contributed by atoms with Gasteiger partial charge in [0.05, 0.1) is 6.61 Å². The van der Waals surface area contributed by atoms with E-state index in [0.717, 1.165) is 13.2 Å². The fourth-order valence-corrected chi connectivity index (χ4v) is 2.43. The fourth-order valence-electron chi connectivity index (χ4n) is 2.43. The van der Waals surface area contributed by atoms with Crippen LogP contribution in [0, 0.1) is 0 Å². The maximum atomic E-state index is 5.80. The van der Waals surface area contributed by atoms with Crippen molar-refractivity contribution in [2.75, 3.05) is 13.2 Å². The van der Waals surface area contributed by atoms with Crippen molar-refractivity contribution < 1.29 is 4.84 Å². The van der Waals surface area contributed by atoms with Crippen molar-refractivity contribution in [1.29, 1.82) is 0 Å². The standard InChI is InChI=1S/C13H28BNO/c1-3-5-7-10-14-11-9-13-16-15(14)12-8-6-4-2/h3-13H2,1-2H3. The maximum absolute atomic E-state index is 5.80. The summed E-state index contributed by atoms with van der Waals surface area (Å²) in [5, 5.41) is 0. The lowest BCUT2D eigenvalue weighted by Gasteiger charge is -2.32. The summed E-state index contributed by atoms with van der Waals surface area (Å²) in [5.41, 5.74) is 0. The molecule has 0 aromatic heterocycles. The highest BCUT2D eigenvalue weighted by Gasteiger charge is 2.26. The topological polar surface area (TPSA) is 12.5 Å². The highest BCUT2D eigenvalue weighted by molar-refractivity contribution is 6.55. The Bertz CT molecular complexity index is 148. The van der Waals surface area contributed by atoms with Crippen LogP contribution in [0.5, 0.6) is 0 Å². The van der Waals surface area contributed by atoms with E-state index in [9.17, 15) is 0 Å². The summed E-state index contributed by atoms with van der Waals surface area (Å²) >= 11 is 0. The van der Waals surface area contributed by atoms with Crippen LogP contribution in [0.1, 0.15) is 58.8 Å². The molecule has 94 valence electrons. The van der Waals surface area contributed by atoms with Crippen molar-refractivity contribution in [3.05, 3.63) is 0 Å². The number of hydroxylamine groups is 1. The van der Waals surface area contributed by atoms with Gasteiger partial charge in [-0.2, -0.15) is 0 Å². The van der Waals surface area contributed by atoms with Crippen molar-refractivity contribution in [2.24, 2.45) is 0 Å². The lowest BCUT2D eigenvalue weighted by molar-refractivity contribution is -0.104. The normalized spacial score (nSPS) is 18.0. The smallest absolute Gasteiger partial charge is 0.256 e. The van der Waals surface area contributed by atoms with Gasteiger partial charge in [0.2, 0.25) is 0 Å². The number of nitrogens with zero attached hydrogens (tertiary/aromatic N) is 1. The van der Waals surface area contributed by atoms with E-state index >= 15 is 0 Å². The van der Waals surface area contributed by atoms with Gasteiger partial charge in [-0.3, -0.25) is 0 Å². The first kappa shape index (κ1) is 14.0. The van der Waals surface area contributed by atoms with Crippen LogP contribution in [0.15, 0.2) is 0 Å². The Morgan fingerprint density at radius 1 is 1.06 bits per heavy atom. The number of unbranched alkanes of at least 4 members (excludes halogenated alkanes) is 4. The summed E-state index contributed by atoms with van der Waals surface area (Å²) < 4.78 is 0. The van der Waals surface area contributed by atoms with Gasteiger partial charge in [-0.15, -0.1) is 0 Å². The molecule has 1 aliphatic rings. The molecule has 2 nitrogen and oxygen atoms in total. The molecule has 1 fully saturated rings. The highest BCUT2D eigenvalue weighted by Crippen LogP contribution is 2.19. The van der Waals surface area contributed by atoms with E-state index in [4.69, 9.17) is 4.84 Å². The second-order valence-electron chi connectivity index (χ2n) is 4.97. The van der Waals surface area contributed by atoms with E-state index in [1.54, 1.807) is 0 Å². The molecular weight excluding hydrogens is 197 g/mol. The predicted octanol–water partition coefficient (Wildman–Crippen LogP) is 4.00. The van der Waals surface area contributed by atoms with Crippen molar-refractivity contribution in [3.8, 4) is 0 Å². The molecule has 1 rings (SSSR count). The summed E-state index contributed by atoms with van der Waals surface area (Å²) in [4.78, 5) is 8.09. The van der Waals surface area contributed by atoms with Crippen LogP contribution in [0.25, 0.3) is 0 Å². The molecule has 0 bridgehead atoms. The van der Waals surface area contributed by atoms with E-state index in [1.807, 2.05) is 0 Å². The van der Waals surface area contributed by atoms with E-state index in [-0.39, 0.29) is 0 Å². The SMILES string of the molecule is CCCCCB1CCCON1CCCCC. The third-order valence-corrected chi connectivity index (χ3v) is 3.47. The van der Waals surface area contributed by atoms with Gasteiger partial charge in [0.15, 0.2) is 0 Å². The number of hydrogen-bond acceptors (Lipinski definition) is 2. The minimum absolute atomic E-state index is 0.706. The first-order valence-electron chi connectivity index (χ1n) is 7.28. The van der Waals surface area contributed by atoms with Crippen molar-refractivity contribution in [1.82, 2.24) is 4.97 Å². The summed E-state index contributed by atoms with van der Waals surface area (Å²) in [6.45, 7) is 7.32.